The van der Waals surface area contributed by atoms with Gasteiger partial charge in [-0.2, -0.15) is 0 Å². The second-order valence-corrected chi connectivity index (χ2v) is 8.45. The third-order valence-electron chi connectivity index (χ3n) is 4.56. The summed E-state index contributed by atoms with van der Waals surface area (Å²) >= 11 is 0. The quantitative estimate of drug-likeness (QED) is 0.449. The molecule has 0 saturated carbocycles. The number of phenols is 1. The Morgan fingerprint density at radius 3 is 2.32 bits per heavy atom. The summed E-state index contributed by atoms with van der Waals surface area (Å²) < 4.78 is 31.7. The zero-order chi connectivity index (χ0) is 22.6. The summed E-state index contributed by atoms with van der Waals surface area (Å²) in [5.74, 6) is -1.86. The Morgan fingerprint density at radius 1 is 0.968 bits per heavy atom. The molecule has 0 aliphatic heterocycles. The van der Waals surface area contributed by atoms with Crippen molar-refractivity contribution >= 4 is 33.3 Å². The Hall–Kier alpha value is -3.85. The molecule has 0 radical (unpaired) electrons. The van der Waals surface area contributed by atoms with Crippen LogP contribution >= 0.6 is 0 Å². The van der Waals surface area contributed by atoms with Gasteiger partial charge in [0.2, 0.25) is 0 Å². The molecule has 8 nitrogen and oxygen atoms in total. The molecule has 9 heteroatoms. The summed E-state index contributed by atoms with van der Waals surface area (Å²) in [5.41, 5.74) is 0.413. The lowest BCUT2D eigenvalue weighted by molar-refractivity contribution is 0.0597. The number of para-hydroxylation sites is 2. The molecule has 0 aliphatic rings. The van der Waals surface area contributed by atoms with Gasteiger partial charge < -0.3 is 15.2 Å². The lowest BCUT2D eigenvalue weighted by Gasteiger charge is -2.19. The first-order valence-corrected chi connectivity index (χ1v) is 10.6. The van der Waals surface area contributed by atoms with E-state index in [1.807, 2.05) is 0 Å². The van der Waals surface area contributed by atoms with Crippen LogP contribution < -0.4 is 9.62 Å². The lowest BCUT2D eigenvalue weighted by atomic mass is 10.1. The van der Waals surface area contributed by atoms with Gasteiger partial charge >= 0.3 is 5.97 Å². The summed E-state index contributed by atoms with van der Waals surface area (Å²) in [5, 5.41) is 12.7. The first kappa shape index (κ1) is 21.8. The number of esters is 1. The van der Waals surface area contributed by atoms with E-state index in [2.05, 4.69) is 10.1 Å². The van der Waals surface area contributed by atoms with Gasteiger partial charge in [0.05, 0.1) is 23.4 Å². The van der Waals surface area contributed by atoms with E-state index in [4.69, 9.17) is 0 Å². The smallest absolute Gasteiger partial charge is 0.341 e. The van der Waals surface area contributed by atoms with Crippen molar-refractivity contribution in [1.82, 2.24) is 0 Å². The fraction of sp³-hybridized carbons (Fsp3) is 0.0909. The number of aromatic hydroxyl groups is 1. The average molecular weight is 440 g/mol. The Kier molecular flexibility index (Phi) is 6.26. The van der Waals surface area contributed by atoms with Gasteiger partial charge in [-0.25, -0.2) is 13.2 Å². The summed E-state index contributed by atoms with van der Waals surface area (Å²) in [4.78, 5) is 24.3. The van der Waals surface area contributed by atoms with E-state index >= 15 is 0 Å². The summed E-state index contributed by atoms with van der Waals surface area (Å²) in [7, 11) is -1.31. The molecule has 0 heterocycles. The van der Waals surface area contributed by atoms with Gasteiger partial charge in [-0.05, 0) is 42.5 Å². The molecule has 0 saturated heterocycles. The molecule has 0 bridgehead atoms. The molecule has 0 aromatic heterocycles. The molecule has 3 aromatic carbocycles. The average Bonchev–Trinajstić information content (AvgIpc) is 2.80. The number of ether oxygens (including phenoxy) is 1. The number of rotatable bonds is 6. The predicted octanol–water partition coefficient (Wildman–Crippen LogP) is 3.26. The standard InChI is InChI=1S/C22H20N2O6S/c1-24(16-9-4-3-5-10-16)31(28,29)17-11-6-8-15(14-17)21(26)23-19-13-7-12-18(20(19)25)22(27)30-2/h3-14,25H,1-2H3,(H,23,26). The number of anilines is 2. The number of carbonyl (C=O) groups excluding carboxylic acids is 2. The van der Waals surface area contributed by atoms with Crippen LogP contribution in [0.1, 0.15) is 20.7 Å². The number of benzene rings is 3. The topological polar surface area (TPSA) is 113 Å². The summed E-state index contributed by atoms with van der Waals surface area (Å²) in [6.45, 7) is 0. The van der Waals surface area contributed by atoms with Gasteiger partial charge in [-0.15, -0.1) is 0 Å². The number of phenolic OH excluding ortho intramolecular Hbond substituents is 1. The maximum atomic E-state index is 13.0. The van der Waals surface area contributed by atoms with Crippen LogP contribution in [-0.4, -0.2) is 39.6 Å². The van der Waals surface area contributed by atoms with E-state index in [1.165, 1.54) is 56.6 Å². The minimum absolute atomic E-state index is 0.0115. The molecule has 2 N–H and O–H groups in total. The highest BCUT2D eigenvalue weighted by atomic mass is 32.2. The monoisotopic (exact) mass is 440 g/mol. The summed E-state index contributed by atoms with van der Waals surface area (Å²) in [6, 6.07) is 18.3. The zero-order valence-electron chi connectivity index (χ0n) is 16.8. The minimum Gasteiger partial charge on any atom is -0.505 e. The molecular weight excluding hydrogens is 420 g/mol. The fourth-order valence-corrected chi connectivity index (χ4v) is 4.09. The molecule has 0 atom stereocenters. The molecule has 1 amide bonds. The van der Waals surface area contributed by atoms with Gasteiger partial charge in [0.15, 0.2) is 5.75 Å². The summed E-state index contributed by atoms with van der Waals surface area (Å²) in [6.07, 6.45) is 0. The highest BCUT2D eigenvalue weighted by molar-refractivity contribution is 7.92. The Labute approximate surface area is 179 Å². The molecule has 0 aliphatic carbocycles. The number of nitrogens with zero attached hydrogens (tertiary/aromatic N) is 1. The van der Waals surface area contributed by atoms with Crippen LogP contribution in [0.3, 0.4) is 0 Å². The molecule has 0 unspecified atom stereocenters. The highest BCUT2D eigenvalue weighted by Crippen LogP contribution is 2.29. The van der Waals surface area contributed by atoms with Crippen molar-refractivity contribution in [2.75, 3.05) is 23.8 Å². The van der Waals surface area contributed by atoms with E-state index in [0.717, 1.165) is 4.31 Å². The van der Waals surface area contributed by atoms with E-state index in [0.29, 0.717) is 5.69 Å². The molecule has 31 heavy (non-hydrogen) atoms. The van der Waals surface area contributed by atoms with Crippen molar-refractivity contribution in [2.45, 2.75) is 4.90 Å². The lowest BCUT2D eigenvalue weighted by Crippen LogP contribution is -2.26. The number of hydrogen-bond donors (Lipinski definition) is 2. The highest BCUT2D eigenvalue weighted by Gasteiger charge is 2.23. The molecule has 0 spiro atoms. The van der Waals surface area contributed by atoms with Crippen molar-refractivity contribution in [3.63, 3.8) is 0 Å². The van der Waals surface area contributed by atoms with E-state index in [1.54, 1.807) is 30.3 Å². The predicted molar refractivity (Wildman–Crippen MR) is 116 cm³/mol. The van der Waals surface area contributed by atoms with E-state index in [-0.39, 0.29) is 21.7 Å². The van der Waals surface area contributed by atoms with Crippen LogP contribution in [0.5, 0.6) is 5.75 Å². The Morgan fingerprint density at radius 2 is 1.65 bits per heavy atom. The van der Waals surface area contributed by atoms with Crippen LogP contribution in [0, 0.1) is 0 Å². The van der Waals surface area contributed by atoms with E-state index < -0.39 is 27.6 Å². The van der Waals surface area contributed by atoms with Crippen LogP contribution in [-0.2, 0) is 14.8 Å². The molecule has 160 valence electrons. The van der Waals surface area contributed by atoms with Gasteiger partial charge in [0.25, 0.3) is 15.9 Å². The maximum absolute atomic E-state index is 13.0. The fourth-order valence-electron chi connectivity index (χ4n) is 2.85. The number of amides is 1. The first-order valence-electron chi connectivity index (χ1n) is 9.11. The van der Waals surface area contributed by atoms with Crippen LogP contribution in [0.4, 0.5) is 11.4 Å². The number of nitrogens with one attached hydrogen (secondary N) is 1. The van der Waals surface area contributed by atoms with Crippen LogP contribution in [0.25, 0.3) is 0 Å². The van der Waals surface area contributed by atoms with Crippen molar-refractivity contribution in [2.24, 2.45) is 0 Å². The number of carbonyl (C=O) groups is 2. The van der Waals surface area contributed by atoms with Gasteiger partial charge in [0.1, 0.15) is 5.56 Å². The van der Waals surface area contributed by atoms with Gasteiger partial charge in [-0.1, -0.05) is 30.3 Å². The van der Waals surface area contributed by atoms with E-state index in [9.17, 15) is 23.1 Å². The molecular formula is C22H20N2O6S. The van der Waals surface area contributed by atoms with Gasteiger partial charge in [0, 0.05) is 12.6 Å². The van der Waals surface area contributed by atoms with Gasteiger partial charge in [-0.3, -0.25) is 9.10 Å². The van der Waals surface area contributed by atoms with Crippen molar-refractivity contribution in [3.8, 4) is 5.75 Å². The normalized spacial score (nSPS) is 10.9. The molecule has 3 aromatic rings. The Balaban J connectivity index is 1.88. The second-order valence-electron chi connectivity index (χ2n) is 6.48. The largest absolute Gasteiger partial charge is 0.505 e. The third kappa shape index (κ3) is 4.51. The van der Waals surface area contributed by atoms with Crippen molar-refractivity contribution < 1.29 is 27.9 Å². The maximum Gasteiger partial charge on any atom is 0.341 e. The van der Waals surface area contributed by atoms with Crippen molar-refractivity contribution in [3.05, 3.63) is 83.9 Å². The van der Waals surface area contributed by atoms with Crippen LogP contribution in [0.15, 0.2) is 77.7 Å². The zero-order valence-corrected chi connectivity index (χ0v) is 17.6. The number of methoxy groups -OCH3 is 1. The van der Waals surface area contributed by atoms with Crippen LogP contribution in [0.2, 0.25) is 0 Å². The van der Waals surface area contributed by atoms with Crippen molar-refractivity contribution in [1.29, 1.82) is 0 Å². The molecule has 3 rings (SSSR count). The second kappa shape index (κ2) is 8.88. The third-order valence-corrected chi connectivity index (χ3v) is 6.35. The Bertz CT molecular complexity index is 1230. The number of sulfonamides is 1. The first-order chi connectivity index (χ1) is 14.8. The number of hydrogen-bond acceptors (Lipinski definition) is 6. The minimum atomic E-state index is -3.91. The molecule has 0 fully saturated rings. The SMILES string of the molecule is COC(=O)c1cccc(NC(=O)c2cccc(S(=O)(=O)N(C)c3ccccc3)c2)c1O.